The summed E-state index contributed by atoms with van der Waals surface area (Å²) in [4.78, 5) is 0. The van der Waals surface area contributed by atoms with Crippen molar-refractivity contribution >= 4 is 0 Å². The van der Waals surface area contributed by atoms with Gasteiger partial charge in [-0.1, -0.05) is 6.07 Å². The number of benzene rings is 1. The molecule has 1 rings (SSSR count). The van der Waals surface area contributed by atoms with Crippen LogP contribution in [-0.4, -0.2) is 26.1 Å². The lowest BCUT2D eigenvalue weighted by atomic mass is 10.1. The molecule has 0 aliphatic rings. The first-order valence-electron chi connectivity index (χ1n) is 5.79. The number of rotatable bonds is 5. The Bertz CT molecular complexity index is 566. The molecule has 0 aliphatic heterocycles. The van der Waals surface area contributed by atoms with E-state index in [0.717, 1.165) is 0 Å². The van der Waals surface area contributed by atoms with E-state index in [9.17, 15) is 39.5 Å². The van der Waals surface area contributed by atoms with Crippen LogP contribution in [0.1, 0.15) is 5.56 Å². The fraction of sp³-hybridized carbons (Fsp3) is 0.455. The lowest BCUT2D eigenvalue weighted by Crippen LogP contribution is -2.25. The van der Waals surface area contributed by atoms with Crippen LogP contribution in [0.15, 0.2) is 12.1 Å². The average molecular weight is 373 g/mol. The van der Waals surface area contributed by atoms with Crippen LogP contribution in [0.5, 0.6) is 17.2 Å². The van der Waals surface area contributed by atoms with Crippen molar-refractivity contribution < 1.29 is 53.7 Å². The highest BCUT2D eigenvalue weighted by Gasteiger charge is 2.41. The van der Waals surface area contributed by atoms with Crippen LogP contribution in [0.2, 0.25) is 0 Å². The molecule has 1 aromatic rings. The van der Waals surface area contributed by atoms with Crippen molar-refractivity contribution in [3.8, 4) is 17.2 Å². The Kier molecular flexibility index (Phi) is 5.69. The fourth-order valence-electron chi connectivity index (χ4n) is 1.56. The minimum atomic E-state index is -5.59. The van der Waals surface area contributed by atoms with Crippen molar-refractivity contribution in [2.24, 2.45) is 0 Å². The van der Waals surface area contributed by atoms with Crippen molar-refractivity contribution in [3.05, 3.63) is 17.7 Å². The molecule has 0 radical (unpaired) electrons. The molecule has 0 fully saturated rings. The standard InChI is InChI=1S/C11H8F9NO3/c1-21-4-5-2-3-6(22-9(12,13)14)8(24-11(18,19)20)7(5)23-10(15,16)17/h2-3,21H,4H2,1H3. The van der Waals surface area contributed by atoms with Gasteiger partial charge in [-0.2, -0.15) is 0 Å². The normalized spacial score (nSPS) is 12.9. The van der Waals surface area contributed by atoms with Crippen LogP contribution in [0.4, 0.5) is 39.5 Å². The molecule has 0 saturated heterocycles. The topological polar surface area (TPSA) is 39.7 Å². The molecule has 1 aromatic carbocycles. The summed E-state index contributed by atoms with van der Waals surface area (Å²) in [6.45, 7) is -0.452. The van der Waals surface area contributed by atoms with Crippen LogP contribution in [0, 0.1) is 0 Å². The van der Waals surface area contributed by atoms with Gasteiger partial charge in [0.05, 0.1) is 0 Å². The van der Waals surface area contributed by atoms with Gasteiger partial charge < -0.3 is 19.5 Å². The Morgan fingerprint density at radius 1 is 0.750 bits per heavy atom. The Labute approximate surface area is 128 Å². The predicted octanol–water partition coefficient (Wildman–Crippen LogP) is 4.10. The molecule has 0 saturated carbocycles. The minimum Gasteiger partial charge on any atom is -0.402 e. The van der Waals surface area contributed by atoms with Crippen molar-refractivity contribution in [2.45, 2.75) is 25.6 Å². The van der Waals surface area contributed by atoms with Gasteiger partial charge in [-0.15, -0.1) is 39.5 Å². The minimum absolute atomic E-state index is 0.379. The van der Waals surface area contributed by atoms with Crippen molar-refractivity contribution in [1.29, 1.82) is 0 Å². The first-order chi connectivity index (χ1) is 10.7. The maximum atomic E-state index is 12.4. The van der Waals surface area contributed by atoms with E-state index in [1.165, 1.54) is 7.05 Å². The molecular formula is C11H8F9NO3. The van der Waals surface area contributed by atoms with Crippen LogP contribution < -0.4 is 19.5 Å². The van der Waals surface area contributed by atoms with E-state index >= 15 is 0 Å². The maximum absolute atomic E-state index is 12.4. The molecule has 1 N–H and O–H groups in total. The monoisotopic (exact) mass is 373 g/mol. The second-order valence-electron chi connectivity index (χ2n) is 4.05. The number of alkyl halides is 9. The van der Waals surface area contributed by atoms with Crippen LogP contribution in [-0.2, 0) is 6.54 Å². The highest BCUT2D eigenvalue weighted by molar-refractivity contribution is 5.56. The van der Waals surface area contributed by atoms with Gasteiger partial charge in [0.2, 0.25) is 5.75 Å². The second-order valence-corrected chi connectivity index (χ2v) is 4.05. The van der Waals surface area contributed by atoms with E-state index in [-0.39, 0.29) is 0 Å². The molecular weight excluding hydrogens is 365 g/mol. The lowest BCUT2D eigenvalue weighted by Gasteiger charge is -2.21. The lowest BCUT2D eigenvalue weighted by molar-refractivity contribution is -0.293. The van der Waals surface area contributed by atoms with E-state index in [0.29, 0.717) is 12.1 Å². The number of hydrogen-bond acceptors (Lipinski definition) is 4. The Morgan fingerprint density at radius 3 is 1.62 bits per heavy atom. The smallest absolute Gasteiger partial charge is 0.402 e. The zero-order valence-corrected chi connectivity index (χ0v) is 11.5. The van der Waals surface area contributed by atoms with E-state index in [1.54, 1.807) is 0 Å². The zero-order chi connectivity index (χ0) is 18.8. The largest absolute Gasteiger partial charge is 0.573 e. The molecule has 0 atom stereocenters. The van der Waals surface area contributed by atoms with Crippen LogP contribution >= 0.6 is 0 Å². The quantitative estimate of drug-likeness (QED) is 0.789. The molecule has 138 valence electrons. The van der Waals surface area contributed by atoms with Gasteiger partial charge in [-0.25, -0.2) is 0 Å². The molecule has 24 heavy (non-hydrogen) atoms. The summed E-state index contributed by atoms with van der Waals surface area (Å²) in [7, 11) is 1.24. The highest BCUT2D eigenvalue weighted by atomic mass is 19.4. The Hall–Kier alpha value is -2.05. The molecule has 0 unspecified atom stereocenters. The van der Waals surface area contributed by atoms with Crippen LogP contribution in [0.25, 0.3) is 0 Å². The highest BCUT2D eigenvalue weighted by Crippen LogP contribution is 2.46. The summed E-state index contributed by atoms with van der Waals surface area (Å²) in [5.41, 5.74) is -0.538. The van der Waals surface area contributed by atoms with Gasteiger partial charge in [0, 0.05) is 12.1 Å². The third-order valence-electron chi connectivity index (χ3n) is 2.19. The third kappa shape index (κ3) is 6.60. The Morgan fingerprint density at radius 2 is 1.21 bits per heavy atom. The van der Waals surface area contributed by atoms with Gasteiger partial charge in [0.1, 0.15) is 0 Å². The average Bonchev–Trinajstić information content (AvgIpc) is 2.32. The number of ether oxygens (including phenoxy) is 3. The maximum Gasteiger partial charge on any atom is 0.573 e. The van der Waals surface area contributed by atoms with Crippen molar-refractivity contribution in [3.63, 3.8) is 0 Å². The first kappa shape index (κ1) is 20.0. The van der Waals surface area contributed by atoms with Gasteiger partial charge in [0.25, 0.3) is 0 Å². The van der Waals surface area contributed by atoms with E-state index < -0.39 is 48.4 Å². The Balaban J connectivity index is 3.52. The summed E-state index contributed by atoms with van der Waals surface area (Å²) < 4.78 is 121. The van der Waals surface area contributed by atoms with Gasteiger partial charge >= 0.3 is 19.1 Å². The fourth-order valence-corrected chi connectivity index (χ4v) is 1.56. The van der Waals surface area contributed by atoms with E-state index in [2.05, 4.69) is 19.5 Å². The first-order valence-corrected chi connectivity index (χ1v) is 5.79. The van der Waals surface area contributed by atoms with Crippen LogP contribution in [0.3, 0.4) is 0 Å². The van der Waals surface area contributed by atoms with Gasteiger partial charge in [-0.3, -0.25) is 0 Å². The third-order valence-corrected chi connectivity index (χ3v) is 2.19. The van der Waals surface area contributed by atoms with Crippen molar-refractivity contribution in [1.82, 2.24) is 5.32 Å². The number of halogens is 9. The van der Waals surface area contributed by atoms with E-state index in [4.69, 9.17) is 0 Å². The molecule has 4 nitrogen and oxygen atoms in total. The molecule has 0 amide bonds. The zero-order valence-electron chi connectivity index (χ0n) is 11.5. The van der Waals surface area contributed by atoms with Crippen molar-refractivity contribution in [2.75, 3.05) is 7.05 Å². The van der Waals surface area contributed by atoms with E-state index in [1.807, 2.05) is 0 Å². The summed E-state index contributed by atoms with van der Waals surface area (Å²) in [6, 6.07) is 1.05. The predicted molar refractivity (Wildman–Crippen MR) is 59.3 cm³/mol. The second kappa shape index (κ2) is 6.83. The number of hydrogen-bond donors (Lipinski definition) is 1. The molecule has 0 aromatic heterocycles. The summed E-state index contributed by atoms with van der Waals surface area (Å²) in [5.74, 6) is -5.14. The number of nitrogens with one attached hydrogen (secondary N) is 1. The molecule has 13 heteroatoms. The van der Waals surface area contributed by atoms with Gasteiger partial charge in [0.15, 0.2) is 11.5 Å². The van der Waals surface area contributed by atoms with Gasteiger partial charge in [-0.05, 0) is 13.1 Å². The SMILES string of the molecule is CNCc1ccc(OC(F)(F)F)c(OC(F)(F)F)c1OC(F)(F)F. The molecule has 0 aliphatic carbocycles. The summed E-state index contributed by atoms with van der Waals surface area (Å²) in [5, 5.41) is 2.32. The molecule has 0 bridgehead atoms. The molecule has 0 spiro atoms. The molecule has 0 heterocycles. The summed E-state index contributed by atoms with van der Waals surface area (Å²) >= 11 is 0. The summed E-state index contributed by atoms with van der Waals surface area (Å²) in [6.07, 6.45) is -16.5.